The van der Waals surface area contributed by atoms with Crippen LogP contribution in [-0.2, 0) is 6.54 Å². The van der Waals surface area contributed by atoms with Gasteiger partial charge >= 0.3 is 0 Å². The number of hydrogen-bond acceptors (Lipinski definition) is 5. The first-order valence-electron chi connectivity index (χ1n) is 6.47. The number of halogens is 1. The van der Waals surface area contributed by atoms with Crippen LogP contribution < -0.4 is 4.74 Å². The summed E-state index contributed by atoms with van der Waals surface area (Å²) in [6.45, 7) is 4.35. The third-order valence-corrected chi connectivity index (χ3v) is 3.20. The third-order valence-electron chi connectivity index (χ3n) is 2.96. The van der Waals surface area contributed by atoms with Gasteiger partial charge in [0, 0.05) is 18.5 Å². The molecule has 1 aromatic carbocycles. The molecule has 112 valence electrons. The number of aryl methyl sites for hydroxylation is 1. The van der Waals surface area contributed by atoms with Crippen molar-refractivity contribution >= 4 is 17.5 Å². The molecule has 0 unspecified atom stereocenters. The van der Waals surface area contributed by atoms with Crippen molar-refractivity contribution in [2.75, 3.05) is 13.7 Å². The third kappa shape index (κ3) is 3.52. The molecule has 0 N–H and O–H groups in total. The first kappa shape index (κ1) is 15.3. The lowest BCUT2D eigenvalue weighted by atomic mass is 10.1. The molecule has 2 aromatic rings. The molecule has 0 aliphatic rings. The number of methoxy groups -OCH3 is 1. The minimum Gasteiger partial charge on any atom is -0.496 e. The van der Waals surface area contributed by atoms with Gasteiger partial charge in [0.05, 0.1) is 19.2 Å². The van der Waals surface area contributed by atoms with E-state index >= 15 is 0 Å². The van der Waals surface area contributed by atoms with Crippen molar-refractivity contribution in [3.63, 3.8) is 0 Å². The Morgan fingerprint density at radius 2 is 2.24 bits per heavy atom. The number of rotatable bonds is 5. The summed E-state index contributed by atoms with van der Waals surface area (Å²) in [5, 5.41) is 4.28. The van der Waals surface area contributed by atoms with Crippen LogP contribution in [0.2, 0.25) is 5.02 Å². The molecule has 1 heterocycles. The SMILES string of the molecule is CCN(Cc1noc(C)n1)C(=O)c1cc(Cl)ccc1OC. The average molecular weight is 310 g/mol. The quantitative estimate of drug-likeness (QED) is 0.849. The normalized spacial score (nSPS) is 10.5. The minimum absolute atomic E-state index is 0.195. The predicted octanol–water partition coefficient (Wildman–Crippen LogP) is 2.70. The summed E-state index contributed by atoms with van der Waals surface area (Å²) in [5.74, 6) is 1.21. The maximum absolute atomic E-state index is 12.6. The van der Waals surface area contributed by atoms with Gasteiger partial charge in [0.15, 0.2) is 5.82 Å². The van der Waals surface area contributed by atoms with Crippen LogP contribution >= 0.6 is 11.6 Å². The van der Waals surface area contributed by atoms with Gasteiger partial charge in [-0.3, -0.25) is 4.79 Å². The Hall–Kier alpha value is -2.08. The molecule has 0 saturated carbocycles. The van der Waals surface area contributed by atoms with Gasteiger partial charge in [-0.05, 0) is 25.1 Å². The molecule has 0 fully saturated rings. The highest BCUT2D eigenvalue weighted by Crippen LogP contribution is 2.24. The Morgan fingerprint density at radius 1 is 1.48 bits per heavy atom. The van der Waals surface area contributed by atoms with Crippen molar-refractivity contribution in [3.05, 3.63) is 40.5 Å². The molecule has 2 rings (SSSR count). The second-order valence-electron chi connectivity index (χ2n) is 4.39. The first-order chi connectivity index (χ1) is 10.0. The maximum Gasteiger partial charge on any atom is 0.258 e. The molecule has 0 spiro atoms. The monoisotopic (exact) mass is 309 g/mol. The molecular weight excluding hydrogens is 294 g/mol. The van der Waals surface area contributed by atoms with E-state index in [-0.39, 0.29) is 12.5 Å². The van der Waals surface area contributed by atoms with E-state index in [9.17, 15) is 4.79 Å². The highest BCUT2D eigenvalue weighted by Gasteiger charge is 2.20. The van der Waals surface area contributed by atoms with E-state index in [1.54, 1.807) is 30.0 Å². The molecule has 7 heteroatoms. The summed E-state index contributed by atoms with van der Waals surface area (Å²) in [4.78, 5) is 18.3. The zero-order chi connectivity index (χ0) is 15.4. The summed E-state index contributed by atoms with van der Waals surface area (Å²) in [6, 6.07) is 4.94. The van der Waals surface area contributed by atoms with E-state index in [1.165, 1.54) is 7.11 Å². The molecule has 0 radical (unpaired) electrons. The summed E-state index contributed by atoms with van der Waals surface area (Å²) in [6.07, 6.45) is 0. The van der Waals surface area contributed by atoms with Crippen LogP contribution in [0.3, 0.4) is 0 Å². The topological polar surface area (TPSA) is 68.5 Å². The van der Waals surface area contributed by atoms with Gasteiger partial charge in [0.25, 0.3) is 5.91 Å². The molecule has 0 bridgehead atoms. The molecule has 1 amide bonds. The van der Waals surface area contributed by atoms with Crippen molar-refractivity contribution in [2.45, 2.75) is 20.4 Å². The number of amides is 1. The number of benzene rings is 1. The van der Waals surface area contributed by atoms with Gasteiger partial charge in [-0.15, -0.1) is 0 Å². The first-order valence-corrected chi connectivity index (χ1v) is 6.85. The molecule has 0 aliphatic heterocycles. The average Bonchev–Trinajstić information content (AvgIpc) is 2.89. The van der Waals surface area contributed by atoms with Gasteiger partial charge in [-0.2, -0.15) is 4.98 Å². The lowest BCUT2D eigenvalue weighted by molar-refractivity contribution is 0.0744. The fourth-order valence-electron chi connectivity index (χ4n) is 1.92. The molecule has 6 nitrogen and oxygen atoms in total. The van der Waals surface area contributed by atoms with Crippen molar-refractivity contribution < 1.29 is 14.1 Å². The lowest BCUT2D eigenvalue weighted by Gasteiger charge is -2.20. The Balaban J connectivity index is 2.25. The largest absolute Gasteiger partial charge is 0.496 e. The van der Waals surface area contributed by atoms with Gasteiger partial charge in [0.2, 0.25) is 5.89 Å². The van der Waals surface area contributed by atoms with Crippen molar-refractivity contribution in [3.8, 4) is 5.75 Å². The smallest absolute Gasteiger partial charge is 0.258 e. The highest BCUT2D eigenvalue weighted by atomic mass is 35.5. The second-order valence-corrected chi connectivity index (χ2v) is 4.83. The van der Waals surface area contributed by atoms with Crippen LogP contribution in [-0.4, -0.2) is 34.6 Å². The van der Waals surface area contributed by atoms with E-state index in [2.05, 4.69) is 10.1 Å². The molecule has 0 aliphatic carbocycles. The Kier molecular flexibility index (Phi) is 4.80. The van der Waals surface area contributed by atoms with Gasteiger partial charge in [-0.1, -0.05) is 16.8 Å². The number of carbonyl (C=O) groups is 1. The fraction of sp³-hybridized carbons (Fsp3) is 0.357. The van der Waals surface area contributed by atoms with E-state index < -0.39 is 0 Å². The van der Waals surface area contributed by atoms with Crippen LogP contribution in [0.1, 0.15) is 29.0 Å². The van der Waals surface area contributed by atoms with Crippen molar-refractivity contribution in [1.82, 2.24) is 15.0 Å². The van der Waals surface area contributed by atoms with Crippen LogP contribution in [0, 0.1) is 6.92 Å². The number of hydrogen-bond donors (Lipinski definition) is 0. The Labute approximate surface area is 127 Å². The summed E-state index contributed by atoms with van der Waals surface area (Å²) >= 11 is 5.96. The number of aromatic nitrogens is 2. The second kappa shape index (κ2) is 6.58. The van der Waals surface area contributed by atoms with Crippen LogP contribution in [0.15, 0.2) is 22.7 Å². The summed E-state index contributed by atoms with van der Waals surface area (Å²) < 4.78 is 10.1. The Bertz CT molecular complexity index is 642. The molecule has 21 heavy (non-hydrogen) atoms. The van der Waals surface area contributed by atoms with E-state index in [4.69, 9.17) is 20.9 Å². The minimum atomic E-state index is -0.195. The zero-order valence-corrected chi connectivity index (χ0v) is 12.8. The number of ether oxygens (including phenoxy) is 1. The summed E-state index contributed by atoms with van der Waals surface area (Å²) in [5.41, 5.74) is 0.409. The van der Waals surface area contributed by atoms with E-state index in [1.807, 2.05) is 6.92 Å². The lowest BCUT2D eigenvalue weighted by Crippen LogP contribution is -2.31. The molecular formula is C14H16ClN3O3. The van der Waals surface area contributed by atoms with Gasteiger partial charge in [-0.25, -0.2) is 0 Å². The van der Waals surface area contributed by atoms with Gasteiger partial charge in [0.1, 0.15) is 5.75 Å². The molecule has 1 aromatic heterocycles. The van der Waals surface area contributed by atoms with Crippen molar-refractivity contribution in [1.29, 1.82) is 0 Å². The number of nitrogens with zero attached hydrogens (tertiary/aromatic N) is 3. The van der Waals surface area contributed by atoms with Crippen LogP contribution in [0.4, 0.5) is 0 Å². The molecule has 0 atom stereocenters. The standard InChI is InChI=1S/C14H16ClN3O3/c1-4-18(8-13-16-9(2)21-17-13)14(19)11-7-10(15)5-6-12(11)20-3/h5-7H,4,8H2,1-3H3. The van der Waals surface area contributed by atoms with Crippen LogP contribution in [0.25, 0.3) is 0 Å². The van der Waals surface area contributed by atoms with E-state index in [0.29, 0.717) is 34.6 Å². The Morgan fingerprint density at radius 3 is 2.81 bits per heavy atom. The van der Waals surface area contributed by atoms with E-state index in [0.717, 1.165) is 0 Å². The highest BCUT2D eigenvalue weighted by molar-refractivity contribution is 6.31. The zero-order valence-electron chi connectivity index (χ0n) is 12.1. The number of carbonyl (C=O) groups excluding carboxylic acids is 1. The molecule has 0 saturated heterocycles. The maximum atomic E-state index is 12.6. The summed E-state index contributed by atoms with van der Waals surface area (Å²) in [7, 11) is 1.51. The van der Waals surface area contributed by atoms with Crippen LogP contribution in [0.5, 0.6) is 5.75 Å². The van der Waals surface area contributed by atoms with Gasteiger partial charge < -0.3 is 14.2 Å². The predicted molar refractivity (Wildman–Crippen MR) is 77.5 cm³/mol. The van der Waals surface area contributed by atoms with Crippen molar-refractivity contribution in [2.24, 2.45) is 0 Å². The fourth-order valence-corrected chi connectivity index (χ4v) is 2.09.